The Morgan fingerprint density at radius 1 is 0.893 bits per heavy atom. The Balaban J connectivity index is 1.76. The van der Waals surface area contributed by atoms with Crippen molar-refractivity contribution >= 4 is 29.2 Å². The third kappa shape index (κ3) is 4.54. The number of carboxylic acid groups (broad SMARTS) is 1. The second kappa shape index (κ2) is 8.65. The predicted octanol–water partition coefficient (Wildman–Crippen LogP) is 2.57. The van der Waals surface area contributed by atoms with Crippen molar-refractivity contribution in [2.75, 3.05) is 10.6 Å². The van der Waals surface area contributed by atoms with E-state index < -0.39 is 35.4 Å². The van der Waals surface area contributed by atoms with Gasteiger partial charge in [-0.25, -0.2) is 4.39 Å². The highest BCUT2D eigenvalue weighted by Gasteiger charge is 2.32. The first kappa shape index (κ1) is 19.5. The second-order valence-electron chi connectivity index (χ2n) is 6.81. The molecule has 2 atom stereocenters. The molecule has 2 unspecified atom stereocenters. The fourth-order valence-electron chi connectivity index (χ4n) is 3.47. The largest absolute Gasteiger partial charge is 0.550 e. The average Bonchev–Trinajstić information content (AvgIpc) is 2.70. The predicted molar refractivity (Wildman–Crippen MR) is 99.9 cm³/mol. The van der Waals surface area contributed by atoms with Crippen molar-refractivity contribution in [2.24, 2.45) is 11.8 Å². The van der Waals surface area contributed by atoms with Crippen molar-refractivity contribution in [3.63, 3.8) is 0 Å². The highest BCUT2D eigenvalue weighted by Crippen LogP contribution is 2.31. The molecule has 0 saturated heterocycles. The van der Waals surface area contributed by atoms with Gasteiger partial charge in [-0.05, 0) is 49.2 Å². The fourth-order valence-corrected chi connectivity index (χ4v) is 3.47. The number of para-hydroxylation sites is 1. The zero-order valence-corrected chi connectivity index (χ0v) is 15.1. The van der Waals surface area contributed by atoms with E-state index in [1.165, 1.54) is 24.3 Å². The molecule has 146 valence electrons. The lowest BCUT2D eigenvalue weighted by Crippen LogP contribution is -2.42. The van der Waals surface area contributed by atoms with E-state index in [1.54, 1.807) is 24.3 Å². The van der Waals surface area contributed by atoms with Gasteiger partial charge in [-0.15, -0.1) is 0 Å². The normalized spacial score (nSPS) is 18.9. The number of benzene rings is 2. The molecule has 1 saturated carbocycles. The third-order valence-electron chi connectivity index (χ3n) is 4.94. The molecule has 0 bridgehead atoms. The lowest BCUT2D eigenvalue weighted by Gasteiger charge is -2.31. The van der Waals surface area contributed by atoms with E-state index in [-0.39, 0.29) is 11.3 Å². The summed E-state index contributed by atoms with van der Waals surface area (Å²) in [6, 6.07) is 11.8. The topological polar surface area (TPSA) is 98.3 Å². The Labute approximate surface area is 161 Å². The Hall–Kier alpha value is -3.22. The van der Waals surface area contributed by atoms with Gasteiger partial charge in [-0.3, -0.25) is 9.59 Å². The number of carbonyl (C=O) groups is 3. The minimum absolute atomic E-state index is 0.223. The molecule has 2 amide bonds. The molecule has 0 aromatic heterocycles. The summed E-state index contributed by atoms with van der Waals surface area (Å²) in [5, 5.41) is 16.7. The zero-order valence-electron chi connectivity index (χ0n) is 15.1. The van der Waals surface area contributed by atoms with Gasteiger partial charge in [-0.1, -0.05) is 25.0 Å². The summed E-state index contributed by atoms with van der Waals surface area (Å²) in [4.78, 5) is 36.6. The Kier molecular flexibility index (Phi) is 6.03. The van der Waals surface area contributed by atoms with Gasteiger partial charge in [0.15, 0.2) is 0 Å². The van der Waals surface area contributed by atoms with Crippen LogP contribution in [0.5, 0.6) is 0 Å². The van der Waals surface area contributed by atoms with Gasteiger partial charge in [0.25, 0.3) is 5.91 Å². The van der Waals surface area contributed by atoms with Crippen LogP contribution in [0.3, 0.4) is 0 Å². The number of amides is 2. The highest BCUT2D eigenvalue weighted by molar-refractivity contribution is 6.10. The molecule has 3 rings (SSSR count). The van der Waals surface area contributed by atoms with Crippen molar-refractivity contribution in [1.82, 2.24) is 0 Å². The molecule has 0 radical (unpaired) electrons. The maximum absolute atomic E-state index is 13.0. The van der Waals surface area contributed by atoms with Gasteiger partial charge < -0.3 is 20.5 Å². The molecule has 2 N–H and O–H groups in total. The van der Waals surface area contributed by atoms with Crippen LogP contribution < -0.4 is 15.7 Å². The number of carboxylic acids is 1. The van der Waals surface area contributed by atoms with Crippen LogP contribution >= 0.6 is 0 Å². The van der Waals surface area contributed by atoms with Crippen LogP contribution in [0, 0.1) is 17.7 Å². The molecule has 2 aromatic rings. The average molecular weight is 383 g/mol. The molecule has 1 aliphatic rings. The summed E-state index contributed by atoms with van der Waals surface area (Å²) in [7, 11) is 0. The molecule has 28 heavy (non-hydrogen) atoms. The molecule has 1 fully saturated rings. The minimum Gasteiger partial charge on any atom is -0.550 e. The molecule has 6 nitrogen and oxygen atoms in total. The van der Waals surface area contributed by atoms with Gasteiger partial charge in [0.05, 0.1) is 11.3 Å². The number of anilines is 2. The first-order chi connectivity index (χ1) is 13.5. The summed E-state index contributed by atoms with van der Waals surface area (Å²) in [6.07, 6.45) is 2.40. The van der Waals surface area contributed by atoms with E-state index in [4.69, 9.17) is 0 Å². The van der Waals surface area contributed by atoms with Gasteiger partial charge >= 0.3 is 0 Å². The Morgan fingerprint density at radius 3 is 2.21 bits per heavy atom. The van der Waals surface area contributed by atoms with Gasteiger partial charge in [0.2, 0.25) is 5.91 Å². The summed E-state index contributed by atoms with van der Waals surface area (Å²) in [5.74, 6) is -4.05. The van der Waals surface area contributed by atoms with E-state index >= 15 is 0 Å². The zero-order chi connectivity index (χ0) is 20.1. The molecular formula is C21H20FN2O4-. The fraction of sp³-hybridized carbons (Fsp3) is 0.286. The van der Waals surface area contributed by atoms with Crippen LogP contribution in [0.15, 0.2) is 48.5 Å². The number of halogens is 1. The van der Waals surface area contributed by atoms with Crippen LogP contribution in [-0.2, 0) is 9.59 Å². The summed E-state index contributed by atoms with van der Waals surface area (Å²) < 4.78 is 13.0. The number of carbonyl (C=O) groups excluding carboxylic acids is 3. The van der Waals surface area contributed by atoms with Gasteiger partial charge in [0.1, 0.15) is 5.82 Å². The first-order valence-electron chi connectivity index (χ1n) is 9.13. The van der Waals surface area contributed by atoms with E-state index in [0.717, 1.165) is 12.8 Å². The number of hydrogen-bond donors (Lipinski definition) is 2. The van der Waals surface area contributed by atoms with E-state index in [1.807, 2.05) is 0 Å². The van der Waals surface area contributed by atoms with Crippen molar-refractivity contribution in [2.45, 2.75) is 25.7 Å². The molecular weight excluding hydrogens is 363 g/mol. The Bertz CT molecular complexity index is 882. The lowest BCUT2D eigenvalue weighted by atomic mass is 9.78. The first-order valence-corrected chi connectivity index (χ1v) is 9.13. The number of hydrogen-bond acceptors (Lipinski definition) is 4. The molecule has 2 aromatic carbocycles. The van der Waals surface area contributed by atoms with Crippen molar-refractivity contribution in [3.05, 3.63) is 59.9 Å². The molecule has 0 spiro atoms. The number of rotatable bonds is 5. The molecule has 0 heterocycles. The van der Waals surface area contributed by atoms with E-state index in [9.17, 15) is 23.9 Å². The van der Waals surface area contributed by atoms with E-state index in [0.29, 0.717) is 18.5 Å². The van der Waals surface area contributed by atoms with Crippen molar-refractivity contribution in [3.8, 4) is 0 Å². The quantitative estimate of drug-likeness (QED) is 0.829. The maximum atomic E-state index is 13.0. The smallest absolute Gasteiger partial charge is 0.257 e. The maximum Gasteiger partial charge on any atom is 0.257 e. The summed E-state index contributed by atoms with van der Waals surface area (Å²) in [6.45, 7) is 0. The summed E-state index contributed by atoms with van der Waals surface area (Å²) >= 11 is 0. The van der Waals surface area contributed by atoms with Crippen LogP contribution in [0.4, 0.5) is 15.8 Å². The SMILES string of the molecule is O=C(Nc1ccc(F)cc1)c1ccccc1NC(=O)C1CCCCC1C(=O)[O-]. The lowest BCUT2D eigenvalue weighted by molar-refractivity contribution is -0.313. The molecule has 0 aliphatic heterocycles. The molecule has 7 heteroatoms. The Morgan fingerprint density at radius 2 is 1.54 bits per heavy atom. The van der Waals surface area contributed by atoms with Crippen LogP contribution in [0.25, 0.3) is 0 Å². The van der Waals surface area contributed by atoms with Crippen molar-refractivity contribution in [1.29, 1.82) is 0 Å². The highest BCUT2D eigenvalue weighted by atomic mass is 19.1. The van der Waals surface area contributed by atoms with Gasteiger partial charge in [0, 0.05) is 23.5 Å². The van der Waals surface area contributed by atoms with E-state index in [2.05, 4.69) is 10.6 Å². The van der Waals surface area contributed by atoms with Crippen LogP contribution in [0.1, 0.15) is 36.0 Å². The number of nitrogens with one attached hydrogen (secondary N) is 2. The van der Waals surface area contributed by atoms with Crippen LogP contribution in [0.2, 0.25) is 0 Å². The van der Waals surface area contributed by atoms with Gasteiger partial charge in [-0.2, -0.15) is 0 Å². The minimum atomic E-state index is -1.22. The van der Waals surface area contributed by atoms with Crippen molar-refractivity contribution < 1.29 is 23.9 Å². The summed E-state index contributed by atoms with van der Waals surface area (Å²) in [5.41, 5.74) is 0.924. The number of aliphatic carboxylic acids is 1. The monoisotopic (exact) mass is 383 g/mol. The third-order valence-corrected chi connectivity index (χ3v) is 4.94. The molecule has 1 aliphatic carbocycles. The van der Waals surface area contributed by atoms with Crippen LogP contribution in [-0.4, -0.2) is 17.8 Å². The second-order valence-corrected chi connectivity index (χ2v) is 6.81. The standard InChI is InChI=1S/C21H21FN2O4/c22-13-9-11-14(12-10-13)23-20(26)17-7-3-4-8-18(17)24-19(25)15-5-1-2-6-16(15)21(27)28/h3-4,7-12,15-16H,1-2,5-6H2,(H,23,26)(H,24,25)(H,27,28)/p-1.